The molecule has 1 N–H and O–H groups in total. The molecule has 1 aliphatic heterocycles. The standard InChI is InChI=1S/C19H21N3O3S/c23-16-11-15(19(25-16)6-1-2-7-19)17(24)21-10-5-14-12-26-18(22-14)13-3-8-20-9-4-13/h3-4,8-9,12,15H,1-2,5-7,10-11H2,(H,21,24)/t15-/m0/s1. The maximum atomic E-state index is 12.6. The van der Waals surface area contributed by atoms with E-state index in [9.17, 15) is 9.59 Å². The zero-order chi connectivity index (χ0) is 18.0. The number of amides is 1. The van der Waals surface area contributed by atoms with Crippen LogP contribution >= 0.6 is 11.3 Å². The van der Waals surface area contributed by atoms with Gasteiger partial charge in [0.05, 0.1) is 18.0 Å². The van der Waals surface area contributed by atoms with Crippen molar-refractivity contribution in [1.82, 2.24) is 15.3 Å². The Labute approximate surface area is 156 Å². The summed E-state index contributed by atoms with van der Waals surface area (Å²) in [6.45, 7) is 0.513. The Morgan fingerprint density at radius 1 is 1.31 bits per heavy atom. The van der Waals surface area contributed by atoms with Gasteiger partial charge >= 0.3 is 5.97 Å². The summed E-state index contributed by atoms with van der Waals surface area (Å²) in [7, 11) is 0. The van der Waals surface area contributed by atoms with Gasteiger partial charge in [-0.3, -0.25) is 14.6 Å². The van der Waals surface area contributed by atoms with E-state index in [2.05, 4.69) is 15.3 Å². The van der Waals surface area contributed by atoms with Crippen LogP contribution in [0.25, 0.3) is 10.6 Å². The zero-order valence-corrected chi connectivity index (χ0v) is 15.3. The van der Waals surface area contributed by atoms with Gasteiger partial charge in [0.1, 0.15) is 10.6 Å². The highest BCUT2D eigenvalue weighted by Gasteiger charge is 2.53. The molecule has 3 heterocycles. The third kappa shape index (κ3) is 3.35. The first-order valence-electron chi connectivity index (χ1n) is 9.01. The second kappa shape index (κ2) is 7.15. The lowest BCUT2D eigenvalue weighted by molar-refractivity contribution is -0.149. The van der Waals surface area contributed by atoms with E-state index in [0.717, 1.165) is 41.9 Å². The largest absolute Gasteiger partial charge is 0.458 e. The third-order valence-electron chi connectivity index (χ3n) is 5.25. The van der Waals surface area contributed by atoms with Crippen LogP contribution in [0.15, 0.2) is 29.9 Å². The number of hydrogen-bond donors (Lipinski definition) is 1. The summed E-state index contributed by atoms with van der Waals surface area (Å²) in [5.74, 6) is -0.656. The molecule has 1 aliphatic carbocycles. The fourth-order valence-corrected chi connectivity index (χ4v) is 4.79. The van der Waals surface area contributed by atoms with Crippen molar-refractivity contribution in [1.29, 1.82) is 0 Å². The predicted octanol–water partition coefficient (Wildman–Crippen LogP) is 2.74. The quantitative estimate of drug-likeness (QED) is 0.818. The molecule has 6 nitrogen and oxygen atoms in total. The maximum absolute atomic E-state index is 12.6. The molecule has 0 aromatic carbocycles. The first kappa shape index (κ1) is 17.1. The average molecular weight is 371 g/mol. The molecule has 136 valence electrons. The summed E-state index contributed by atoms with van der Waals surface area (Å²) in [6, 6.07) is 3.87. The number of carbonyl (C=O) groups excluding carboxylic acids is 2. The molecule has 1 spiro atoms. The van der Waals surface area contributed by atoms with E-state index in [1.165, 1.54) is 0 Å². The Kier molecular flexibility index (Phi) is 4.72. The molecule has 2 aromatic rings. The average Bonchev–Trinajstić information content (AvgIpc) is 3.37. The van der Waals surface area contributed by atoms with Crippen LogP contribution in [0.5, 0.6) is 0 Å². The van der Waals surface area contributed by atoms with Crippen molar-refractivity contribution in [3.63, 3.8) is 0 Å². The molecule has 1 saturated heterocycles. The summed E-state index contributed by atoms with van der Waals surface area (Å²) in [4.78, 5) is 33.0. The topological polar surface area (TPSA) is 81.2 Å². The van der Waals surface area contributed by atoms with Gasteiger partial charge in [0.15, 0.2) is 0 Å². The van der Waals surface area contributed by atoms with Gasteiger partial charge in [0.2, 0.25) is 5.91 Å². The molecule has 0 bridgehead atoms. The molecule has 4 rings (SSSR count). The van der Waals surface area contributed by atoms with Gasteiger partial charge in [0.25, 0.3) is 0 Å². The van der Waals surface area contributed by atoms with Crippen molar-refractivity contribution in [2.24, 2.45) is 5.92 Å². The van der Waals surface area contributed by atoms with Gasteiger partial charge in [-0.25, -0.2) is 4.98 Å². The number of thiazole rings is 1. The predicted molar refractivity (Wildman–Crippen MR) is 97.5 cm³/mol. The molecular formula is C19H21N3O3S. The van der Waals surface area contributed by atoms with Crippen LogP contribution in [0.4, 0.5) is 0 Å². The van der Waals surface area contributed by atoms with Crippen LogP contribution in [-0.2, 0) is 20.7 Å². The molecule has 1 saturated carbocycles. The summed E-state index contributed by atoms with van der Waals surface area (Å²) in [5.41, 5.74) is 1.46. The van der Waals surface area contributed by atoms with Crippen molar-refractivity contribution >= 4 is 23.2 Å². The highest BCUT2D eigenvalue weighted by molar-refractivity contribution is 7.13. The van der Waals surface area contributed by atoms with Crippen molar-refractivity contribution in [2.45, 2.75) is 44.1 Å². The second-order valence-corrected chi connectivity index (χ2v) is 7.78. The maximum Gasteiger partial charge on any atom is 0.307 e. The van der Waals surface area contributed by atoms with E-state index in [4.69, 9.17) is 4.74 Å². The number of hydrogen-bond acceptors (Lipinski definition) is 6. The molecule has 1 atom stereocenters. The molecule has 2 fully saturated rings. The van der Waals surface area contributed by atoms with Crippen LogP contribution in [-0.4, -0.2) is 34.0 Å². The Morgan fingerprint density at radius 2 is 2.08 bits per heavy atom. The van der Waals surface area contributed by atoms with Gasteiger partial charge in [-0.05, 0) is 37.8 Å². The number of pyridine rings is 1. The first-order chi connectivity index (χ1) is 12.7. The normalized spacial score (nSPS) is 21.1. The van der Waals surface area contributed by atoms with Crippen LogP contribution in [0, 0.1) is 5.92 Å². The van der Waals surface area contributed by atoms with Crippen LogP contribution in [0.2, 0.25) is 0 Å². The number of nitrogens with one attached hydrogen (secondary N) is 1. The molecule has 2 aromatic heterocycles. The summed E-state index contributed by atoms with van der Waals surface area (Å²) in [6.07, 6.45) is 8.02. The van der Waals surface area contributed by atoms with Crippen molar-refractivity contribution in [2.75, 3.05) is 6.54 Å². The molecule has 7 heteroatoms. The molecule has 0 unspecified atom stereocenters. The van der Waals surface area contributed by atoms with E-state index < -0.39 is 5.60 Å². The van der Waals surface area contributed by atoms with Gasteiger partial charge in [-0.2, -0.15) is 0 Å². The SMILES string of the molecule is O=C1C[C@@H](C(=O)NCCc2csc(-c3ccncc3)n2)C2(CCCC2)O1. The Bertz CT molecular complexity index is 799. The summed E-state index contributed by atoms with van der Waals surface area (Å²) in [5, 5.41) is 5.95. The summed E-state index contributed by atoms with van der Waals surface area (Å²) < 4.78 is 5.54. The Morgan fingerprint density at radius 3 is 2.85 bits per heavy atom. The van der Waals surface area contributed by atoms with Crippen LogP contribution < -0.4 is 5.32 Å². The minimum Gasteiger partial charge on any atom is -0.458 e. The van der Waals surface area contributed by atoms with E-state index in [0.29, 0.717) is 13.0 Å². The monoisotopic (exact) mass is 371 g/mol. The van der Waals surface area contributed by atoms with Gasteiger partial charge < -0.3 is 10.1 Å². The number of aromatic nitrogens is 2. The number of nitrogens with zero attached hydrogens (tertiary/aromatic N) is 2. The highest BCUT2D eigenvalue weighted by atomic mass is 32.1. The number of ether oxygens (including phenoxy) is 1. The molecular weight excluding hydrogens is 350 g/mol. The smallest absolute Gasteiger partial charge is 0.307 e. The lowest BCUT2D eigenvalue weighted by atomic mass is 9.85. The van der Waals surface area contributed by atoms with E-state index in [1.54, 1.807) is 23.7 Å². The first-order valence-corrected chi connectivity index (χ1v) is 9.89. The fraction of sp³-hybridized carbons (Fsp3) is 0.474. The van der Waals surface area contributed by atoms with Crippen molar-refractivity contribution in [3.05, 3.63) is 35.6 Å². The van der Waals surface area contributed by atoms with E-state index in [1.807, 2.05) is 17.5 Å². The second-order valence-electron chi connectivity index (χ2n) is 6.92. The minimum absolute atomic E-state index is 0.0673. The van der Waals surface area contributed by atoms with Gasteiger partial charge in [-0.15, -0.1) is 11.3 Å². The van der Waals surface area contributed by atoms with E-state index >= 15 is 0 Å². The molecule has 1 amide bonds. The summed E-state index contributed by atoms with van der Waals surface area (Å²) >= 11 is 1.59. The molecule has 2 aliphatic rings. The fourth-order valence-electron chi connectivity index (χ4n) is 3.93. The molecule has 0 radical (unpaired) electrons. The molecule has 26 heavy (non-hydrogen) atoms. The Hall–Kier alpha value is -2.28. The van der Waals surface area contributed by atoms with Crippen molar-refractivity contribution in [3.8, 4) is 10.6 Å². The number of rotatable bonds is 5. The van der Waals surface area contributed by atoms with Crippen LogP contribution in [0.3, 0.4) is 0 Å². The Balaban J connectivity index is 1.33. The van der Waals surface area contributed by atoms with Crippen molar-refractivity contribution < 1.29 is 14.3 Å². The minimum atomic E-state index is -0.545. The lowest BCUT2D eigenvalue weighted by Gasteiger charge is -2.27. The lowest BCUT2D eigenvalue weighted by Crippen LogP contribution is -2.43. The number of esters is 1. The number of carbonyl (C=O) groups is 2. The van der Waals surface area contributed by atoms with Crippen LogP contribution in [0.1, 0.15) is 37.8 Å². The zero-order valence-electron chi connectivity index (χ0n) is 14.4. The highest BCUT2D eigenvalue weighted by Crippen LogP contribution is 2.45. The van der Waals surface area contributed by atoms with E-state index in [-0.39, 0.29) is 24.2 Å². The van der Waals surface area contributed by atoms with Gasteiger partial charge in [0, 0.05) is 36.3 Å². The van der Waals surface area contributed by atoms with Gasteiger partial charge in [-0.1, -0.05) is 0 Å². The third-order valence-corrected chi connectivity index (χ3v) is 6.19.